The van der Waals surface area contributed by atoms with Gasteiger partial charge in [0.1, 0.15) is 5.69 Å². The number of amides is 3. The quantitative estimate of drug-likeness (QED) is 0.874. The average Bonchev–Trinajstić information content (AvgIpc) is 2.47. The molecule has 1 fully saturated rings. The van der Waals surface area contributed by atoms with Gasteiger partial charge < -0.3 is 15.5 Å². The average molecular weight is 304 g/mol. The lowest BCUT2D eigenvalue weighted by atomic mass is 10.0. The highest BCUT2D eigenvalue weighted by Gasteiger charge is 2.26. The lowest BCUT2D eigenvalue weighted by Crippen LogP contribution is -2.53. The molecule has 120 valence electrons. The Morgan fingerprint density at radius 1 is 1.23 bits per heavy atom. The maximum absolute atomic E-state index is 12.1. The Morgan fingerprint density at radius 2 is 1.91 bits per heavy atom. The topological polar surface area (TPSA) is 74.3 Å². The van der Waals surface area contributed by atoms with Gasteiger partial charge in [-0.05, 0) is 45.7 Å². The van der Waals surface area contributed by atoms with Crippen LogP contribution in [0, 0.1) is 0 Å². The van der Waals surface area contributed by atoms with Gasteiger partial charge in [-0.25, -0.2) is 4.79 Å². The smallest absolute Gasteiger partial charge is 0.317 e. The number of carbonyl (C=O) groups excluding carboxylic acids is 2. The molecule has 2 N–H and O–H groups in total. The summed E-state index contributed by atoms with van der Waals surface area (Å²) in [5, 5.41) is 5.94. The first kappa shape index (κ1) is 16.3. The van der Waals surface area contributed by atoms with Crippen LogP contribution in [0.15, 0.2) is 24.4 Å². The van der Waals surface area contributed by atoms with Gasteiger partial charge in [0.15, 0.2) is 0 Å². The second kappa shape index (κ2) is 6.77. The van der Waals surface area contributed by atoms with E-state index < -0.39 is 0 Å². The maximum Gasteiger partial charge on any atom is 0.317 e. The van der Waals surface area contributed by atoms with E-state index in [9.17, 15) is 9.59 Å². The number of likely N-dealkylation sites (tertiary alicyclic amines) is 1. The van der Waals surface area contributed by atoms with Crippen LogP contribution < -0.4 is 10.6 Å². The first-order chi connectivity index (χ1) is 10.3. The molecule has 0 atom stereocenters. The van der Waals surface area contributed by atoms with Crippen LogP contribution in [0.4, 0.5) is 4.79 Å². The van der Waals surface area contributed by atoms with E-state index in [0.29, 0.717) is 18.8 Å². The third-order valence-corrected chi connectivity index (χ3v) is 3.50. The van der Waals surface area contributed by atoms with E-state index in [4.69, 9.17) is 0 Å². The third kappa shape index (κ3) is 4.72. The standard InChI is InChI=1S/C16H24N4O2/c1-16(2,3)19-15(22)20-10-7-12(8-11-20)18-14(21)13-6-4-5-9-17-13/h4-6,9,12H,7-8,10-11H2,1-3H3,(H,18,21)(H,19,22). The number of piperidine rings is 1. The number of urea groups is 1. The van der Waals surface area contributed by atoms with Crippen LogP contribution in [0.3, 0.4) is 0 Å². The molecule has 1 aliphatic heterocycles. The van der Waals surface area contributed by atoms with Crippen molar-refractivity contribution in [3.8, 4) is 0 Å². The monoisotopic (exact) mass is 304 g/mol. The molecule has 1 aliphatic rings. The second-order valence-electron chi connectivity index (χ2n) is 6.63. The van der Waals surface area contributed by atoms with Crippen molar-refractivity contribution in [1.29, 1.82) is 0 Å². The van der Waals surface area contributed by atoms with Crippen LogP contribution in [0.2, 0.25) is 0 Å². The Balaban J connectivity index is 1.80. The Bertz CT molecular complexity index is 517. The van der Waals surface area contributed by atoms with E-state index in [1.807, 2.05) is 20.8 Å². The summed E-state index contributed by atoms with van der Waals surface area (Å²) in [4.78, 5) is 30.0. The normalized spacial score (nSPS) is 16.2. The molecule has 2 rings (SSSR count). The molecule has 3 amide bonds. The molecule has 0 spiro atoms. The molecule has 0 saturated carbocycles. The molecule has 22 heavy (non-hydrogen) atoms. The van der Waals surface area contributed by atoms with Gasteiger partial charge in [0.25, 0.3) is 5.91 Å². The number of hydrogen-bond acceptors (Lipinski definition) is 3. The molecule has 0 aromatic carbocycles. The van der Waals surface area contributed by atoms with Crippen LogP contribution in [0.5, 0.6) is 0 Å². The molecule has 1 aromatic rings. The fourth-order valence-electron chi connectivity index (χ4n) is 2.38. The number of carbonyl (C=O) groups is 2. The van der Waals surface area contributed by atoms with Crippen LogP contribution in [-0.2, 0) is 0 Å². The summed E-state index contributed by atoms with van der Waals surface area (Å²) in [5.41, 5.74) is 0.191. The zero-order chi connectivity index (χ0) is 16.2. The van der Waals surface area contributed by atoms with Crippen molar-refractivity contribution in [2.24, 2.45) is 0 Å². The second-order valence-corrected chi connectivity index (χ2v) is 6.63. The summed E-state index contributed by atoms with van der Waals surface area (Å²) in [6.45, 7) is 7.18. The van der Waals surface area contributed by atoms with Crippen molar-refractivity contribution >= 4 is 11.9 Å². The van der Waals surface area contributed by atoms with Crippen molar-refractivity contribution < 1.29 is 9.59 Å². The fourth-order valence-corrected chi connectivity index (χ4v) is 2.38. The maximum atomic E-state index is 12.1. The molecule has 0 aliphatic carbocycles. The van der Waals surface area contributed by atoms with Crippen molar-refractivity contribution in [1.82, 2.24) is 20.5 Å². The van der Waals surface area contributed by atoms with Crippen LogP contribution in [-0.4, -0.2) is 46.5 Å². The van der Waals surface area contributed by atoms with Crippen LogP contribution >= 0.6 is 0 Å². The van der Waals surface area contributed by atoms with E-state index in [2.05, 4.69) is 15.6 Å². The zero-order valence-corrected chi connectivity index (χ0v) is 13.4. The molecular formula is C16H24N4O2. The van der Waals surface area contributed by atoms with Crippen molar-refractivity contribution in [2.75, 3.05) is 13.1 Å². The van der Waals surface area contributed by atoms with Crippen molar-refractivity contribution in [3.05, 3.63) is 30.1 Å². The highest BCUT2D eigenvalue weighted by atomic mass is 16.2. The molecule has 0 unspecified atom stereocenters. The Hall–Kier alpha value is -2.11. The summed E-state index contributed by atoms with van der Waals surface area (Å²) >= 11 is 0. The molecule has 6 heteroatoms. The highest BCUT2D eigenvalue weighted by molar-refractivity contribution is 5.92. The van der Waals surface area contributed by atoms with Gasteiger partial charge in [-0.3, -0.25) is 9.78 Å². The first-order valence-corrected chi connectivity index (χ1v) is 7.64. The lowest BCUT2D eigenvalue weighted by molar-refractivity contribution is 0.0912. The van der Waals surface area contributed by atoms with E-state index in [1.54, 1.807) is 29.3 Å². The minimum Gasteiger partial charge on any atom is -0.348 e. The summed E-state index contributed by atoms with van der Waals surface area (Å²) in [5.74, 6) is -0.154. The van der Waals surface area contributed by atoms with Crippen LogP contribution in [0.25, 0.3) is 0 Å². The van der Waals surface area contributed by atoms with Crippen molar-refractivity contribution in [2.45, 2.75) is 45.2 Å². The van der Waals surface area contributed by atoms with E-state index in [1.165, 1.54) is 0 Å². The predicted molar refractivity (Wildman–Crippen MR) is 84.6 cm³/mol. The predicted octanol–water partition coefficient (Wildman–Crippen LogP) is 1.78. The van der Waals surface area contributed by atoms with Gasteiger partial charge in [-0.15, -0.1) is 0 Å². The number of hydrogen-bond donors (Lipinski definition) is 2. The third-order valence-electron chi connectivity index (χ3n) is 3.50. The Labute approximate surface area is 131 Å². The Morgan fingerprint density at radius 3 is 2.45 bits per heavy atom. The van der Waals surface area contributed by atoms with E-state index >= 15 is 0 Å². The summed E-state index contributed by atoms with van der Waals surface area (Å²) in [6.07, 6.45) is 3.13. The number of nitrogens with one attached hydrogen (secondary N) is 2. The molecule has 1 aromatic heterocycles. The number of aromatic nitrogens is 1. The molecule has 0 radical (unpaired) electrons. The van der Waals surface area contributed by atoms with Gasteiger partial charge in [-0.1, -0.05) is 6.07 Å². The largest absolute Gasteiger partial charge is 0.348 e. The van der Waals surface area contributed by atoms with Crippen molar-refractivity contribution in [3.63, 3.8) is 0 Å². The number of nitrogens with zero attached hydrogens (tertiary/aromatic N) is 2. The minimum atomic E-state index is -0.235. The van der Waals surface area contributed by atoms with Gasteiger partial charge in [0.2, 0.25) is 0 Å². The van der Waals surface area contributed by atoms with Gasteiger partial charge in [0.05, 0.1) is 0 Å². The molecule has 1 saturated heterocycles. The summed E-state index contributed by atoms with van der Waals surface area (Å²) in [7, 11) is 0. The lowest BCUT2D eigenvalue weighted by Gasteiger charge is -2.34. The fraction of sp³-hybridized carbons (Fsp3) is 0.562. The first-order valence-electron chi connectivity index (χ1n) is 7.64. The summed E-state index contributed by atoms with van der Waals surface area (Å²) in [6, 6.07) is 5.32. The molecule has 2 heterocycles. The number of pyridine rings is 1. The highest BCUT2D eigenvalue weighted by Crippen LogP contribution is 2.12. The minimum absolute atomic E-state index is 0.0398. The van der Waals surface area contributed by atoms with Crippen LogP contribution in [0.1, 0.15) is 44.1 Å². The summed E-state index contributed by atoms with van der Waals surface area (Å²) < 4.78 is 0. The molecule has 6 nitrogen and oxygen atoms in total. The van der Waals surface area contributed by atoms with E-state index in [0.717, 1.165) is 12.8 Å². The van der Waals surface area contributed by atoms with Gasteiger partial charge >= 0.3 is 6.03 Å². The number of rotatable bonds is 2. The molecular weight excluding hydrogens is 280 g/mol. The zero-order valence-electron chi connectivity index (χ0n) is 13.4. The Kier molecular flexibility index (Phi) is 5.00. The van der Waals surface area contributed by atoms with E-state index in [-0.39, 0.29) is 23.5 Å². The van der Waals surface area contributed by atoms with Gasteiger partial charge in [-0.2, -0.15) is 0 Å². The SMILES string of the molecule is CC(C)(C)NC(=O)N1CCC(NC(=O)c2ccccn2)CC1. The van der Waals surface area contributed by atoms with Gasteiger partial charge in [0, 0.05) is 30.9 Å². The molecule has 0 bridgehead atoms.